The highest BCUT2D eigenvalue weighted by atomic mass is 16.3. The topological polar surface area (TPSA) is 70.4 Å². The van der Waals surface area contributed by atoms with Gasteiger partial charge in [-0.2, -0.15) is 0 Å². The van der Waals surface area contributed by atoms with Gasteiger partial charge in [-0.05, 0) is 25.6 Å². The smallest absolute Gasteiger partial charge is 0.314 e. The second-order valence-electron chi connectivity index (χ2n) is 5.87. The first kappa shape index (κ1) is 18.0. The van der Waals surface area contributed by atoms with Gasteiger partial charge in [0.15, 0.2) is 5.89 Å². The van der Waals surface area contributed by atoms with Gasteiger partial charge < -0.3 is 20.0 Å². The largest absolute Gasteiger partial charge is 0.449 e. The van der Waals surface area contributed by atoms with E-state index in [9.17, 15) is 4.79 Å². The summed E-state index contributed by atoms with van der Waals surface area (Å²) in [6.07, 6.45) is 3.21. The van der Waals surface area contributed by atoms with Crippen LogP contribution in [0.5, 0.6) is 0 Å². The first-order valence-electron chi connectivity index (χ1n) is 8.28. The summed E-state index contributed by atoms with van der Waals surface area (Å²) in [4.78, 5) is 18.1. The van der Waals surface area contributed by atoms with Gasteiger partial charge in [0.05, 0.1) is 5.69 Å². The Morgan fingerprint density at radius 3 is 2.67 bits per heavy atom. The minimum absolute atomic E-state index is 0.138. The fraction of sp³-hybridized carbons (Fsp3) is 0.444. The van der Waals surface area contributed by atoms with E-state index in [-0.39, 0.29) is 6.03 Å². The van der Waals surface area contributed by atoms with Crippen molar-refractivity contribution in [3.63, 3.8) is 0 Å². The maximum atomic E-state index is 11.7. The average molecular weight is 330 g/mol. The second-order valence-corrected chi connectivity index (χ2v) is 5.87. The van der Waals surface area contributed by atoms with Crippen LogP contribution in [0.25, 0.3) is 0 Å². The molecule has 1 heterocycles. The third-order valence-electron chi connectivity index (χ3n) is 3.63. The van der Waals surface area contributed by atoms with Crippen LogP contribution < -0.4 is 10.6 Å². The molecule has 130 valence electrons. The Hall–Kier alpha value is -2.34. The van der Waals surface area contributed by atoms with Gasteiger partial charge in [-0.3, -0.25) is 0 Å². The fourth-order valence-corrected chi connectivity index (χ4v) is 2.41. The number of hydrogen-bond donors (Lipinski definition) is 2. The summed E-state index contributed by atoms with van der Waals surface area (Å²) in [5, 5.41) is 5.70. The van der Waals surface area contributed by atoms with Crippen molar-refractivity contribution in [3.8, 4) is 0 Å². The van der Waals surface area contributed by atoms with Crippen LogP contribution in [-0.4, -0.2) is 42.6 Å². The lowest BCUT2D eigenvalue weighted by atomic mass is 10.2. The molecule has 1 aromatic heterocycles. The highest BCUT2D eigenvalue weighted by Gasteiger charge is 2.03. The Labute approximate surface area is 143 Å². The van der Waals surface area contributed by atoms with Crippen LogP contribution in [0.3, 0.4) is 0 Å². The van der Waals surface area contributed by atoms with E-state index in [4.69, 9.17) is 4.42 Å². The molecule has 0 aliphatic heterocycles. The molecule has 1 aromatic carbocycles. The van der Waals surface area contributed by atoms with E-state index < -0.39 is 0 Å². The highest BCUT2D eigenvalue weighted by molar-refractivity contribution is 5.73. The summed E-state index contributed by atoms with van der Waals surface area (Å²) in [6.45, 7) is 4.87. The molecule has 0 aliphatic carbocycles. The van der Waals surface area contributed by atoms with Gasteiger partial charge >= 0.3 is 6.03 Å². The minimum atomic E-state index is -0.138. The number of aromatic nitrogens is 1. The van der Waals surface area contributed by atoms with E-state index in [0.717, 1.165) is 25.2 Å². The Morgan fingerprint density at radius 2 is 1.96 bits per heavy atom. The molecule has 0 bridgehead atoms. The van der Waals surface area contributed by atoms with Crippen molar-refractivity contribution in [2.45, 2.75) is 26.3 Å². The number of benzene rings is 1. The number of nitrogens with zero attached hydrogens (tertiary/aromatic N) is 2. The zero-order valence-electron chi connectivity index (χ0n) is 14.4. The minimum Gasteiger partial charge on any atom is -0.449 e. The SMILES string of the molecule is Cc1nc(CCNC(=O)NCCCN(C)Cc2ccccc2)co1. The van der Waals surface area contributed by atoms with Crippen LogP contribution in [0.1, 0.15) is 23.6 Å². The van der Waals surface area contributed by atoms with Crippen LogP contribution in [0.15, 0.2) is 41.0 Å². The Balaban J connectivity index is 1.51. The fourth-order valence-electron chi connectivity index (χ4n) is 2.41. The zero-order chi connectivity index (χ0) is 17.2. The molecule has 0 saturated heterocycles. The van der Waals surface area contributed by atoms with E-state index in [2.05, 4.69) is 51.8 Å². The van der Waals surface area contributed by atoms with E-state index in [1.807, 2.05) is 6.07 Å². The summed E-state index contributed by atoms with van der Waals surface area (Å²) in [7, 11) is 2.09. The van der Waals surface area contributed by atoms with Crippen LogP contribution in [0.4, 0.5) is 4.79 Å². The van der Waals surface area contributed by atoms with Crippen molar-refractivity contribution in [2.24, 2.45) is 0 Å². The lowest BCUT2D eigenvalue weighted by molar-refractivity contribution is 0.239. The summed E-state index contributed by atoms with van der Waals surface area (Å²) in [6, 6.07) is 10.2. The van der Waals surface area contributed by atoms with Gasteiger partial charge in [-0.15, -0.1) is 0 Å². The maximum absolute atomic E-state index is 11.7. The average Bonchev–Trinajstić information content (AvgIpc) is 2.98. The van der Waals surface area contributed by atoms with Gasteiger partial charge in [-0.1, -0.05) is 30.3 Å². The molecule has 0 saturated carbocycles. The van der Waals surface area contributed by atoms with Crippen molar-refractivity contribution in [3.05, 3.63) is 53.7 Å². The monoisotopic (exact) mass is 330 g/mol. The van der Waals surface area contributed by atoms with Crippen LogP contribution in [-0.2, 0) is 13.0 Å². The van der Waals surface area contributed by atoms with Gasteiger partial charge in [0.25, 0.3) is 0 Å². The first-order valence-corrected chi connectivity index (χ1v) is 8.28. The third-order valence-corrected chi connectivity index (χ3v) is 3.63. The molecule has 0 spiro atoms. The summed E-state index contributed by atoms with van der Waals surface area (Å²) in [5.41, 5.74) is 2.16. The molecule has 0 atom stereocenters. The maximum Gasteiger partial charge on any atom is 0.314 e. The number of carbonyl (C=O) groups excluding carboxylic acids is 1. The lowest BCUT2D eigenvalue weighted by Crippen LogP contribution is -2.37. The van der Waals surface area contributed by atoms with Gasteiger partial charge in [0.2, 0.25) is 0 Å². The molecule has 6 nitrogen and oxygen atoms in total. The van der Waals surface area contributed by atoms with Crippen LogP contribution in [0.2, 0.25) is 0 Å². The van der Waals surface area contributed by atoms with Crippen molar-refractivity contribution in [1.29, 1.82) is 0 Å². The van der Waals surface area contributed by atoms with Crippen LogP contribution in [0, 0.1) is 6.92 Å². The van der Waals surface area contributed by atoms with E-state index in [1.165, 1.54) is 5.56 Å². The number of aryl methyl sites for hydroxylation is 1. The molecule has 2 N–H and O–H groups in total. The van der Waals surface area contributed by atoms with Crippen molar-refractivity contribution in [2.75, 3.05) is 26.7 Å². The predicted molar refractivity (Wildman–Crippen MR) is 93.7 cm³/mol. The van der Waals surface area contributed by atoms with Crippen LogP contribution >= 0.6 is 0 Å². The van der Waals surface area contributed by atoms with E-state index >= 15 is 0 Å². The Morgan fingerprint density at radius 1 is 1.21 bits per heavy atom. The van der Waals surface area contributed by atoms with Crippen molar-refractivity contribution >= 4 is 6.03 Å². The number of carbonyl (C=O) groups is 1. The molecule has 0 unspecified atom stereocenters. The number of rotatable bonds is 9. The predicted octanol–water partition coefficient (Wildman–Crippen LogP) is 2.35. The summed E-state index contributed by atoms with van der Waals surface area (Å²) >= 11 is 0. The Kier molecular flexibility index (Phi) is 7.29. The molecular weight excluding hydrogens is 304 g/mol. The standard InChI is InChI=1S/C18H26N4O2/c1-15-21-17(14-24-15)9-11-20-18(23)19-10-6-12-22(2)13-16-7-4-3-5-8-16/h3-5,7-8,14H,6,9-13H2,1-2H3,(H2,19,20,23). The summed E-state index contributed by atoms with van der Waals surface area (Å²) < 4.78 is 5.12. The normalized spacial score (nSPS) is 10.8. The molecule has 2 amide bonds. The number of oxazole rings is 1. The number of hydrogen-bond acceptors (Lipinski definition) is 4. The Bertz CT molecular complexity index is 612. The molecule has 0 radical (unpaired) electrons. The van der Waals surface area contributed by atoms with E-state index in [1.54, 1.807) is 13.2 Å². The highest BCUT2D eigenvalue weighted by Crippen LogP contribution is 2.02. The van der Waals surface area contributed by atoms with Gasteiger partial charge in [0, 0.05) is 33.0 Å². The van der Waals surface area contributed by atoms with Gasteiger partial charge in [0.1, 0.15) is 6.26 Å². The number of nitrogens with one attached hydrogen (secondary N) is 2. The van der Waals surface area contributed by atoms with Crippen molar-refractivity contribution < 1.29 is 9.21 Å². The molecule has 0 aliphatic rings. The third kappa shape index (κ3) is 6.83. The number of amides is 2. The molecule has 2 rings (SSSR count). The van der Waals surface area contributed by atoms with E-state index in [0.29, 0.717) is 25.4 Å². The molecule has 6 heteroatoms. The quantitative estimate of drug-likeness (QED) is 0.693. The van der Waals surface area contributed by atoms with Gasteiger partial charge in [-0.25, -0.2) is 9.78 Å². The molecule has 0 fully saturated rings. The zero-order valence-corrected chi connectivity index (χ0v) is 14.4. The number of urea groups is 1. The summed E-state index contributed by atoms with van der Waals surface area (Å²) in [5.74, 6) is 0.647. The first-order chi connectivity index (χ1) is 11.6. The second kappa shape index (κ2) is 9.72. The molecular formula is C18H26N4O2. The lowest BCUT2D eigenvalue weighted by Gasteiger charge is -2.16. The molecule has 2 aromatic rings. The molecule has 24 heavy (non-hydrogen) atoms. The van der Waals surface area contributed by atoms with Crippen molar-refractivity contribution in [1.82, 2.24) is 20.5 Å².